The first-order valence-corrected chi connectivity index (χ1v) is 9.51. The highest BCUT2D eigenvalue weighted by molar-refractivity contribution is 7.13. The van der Waals surface area contributed by atoms with Crippen LogP contribution in [-0.4, -0.2) is 18.0 Å². The van der Waals surface area contributed by atoms with Crippen LogP contribution in [0.1, 0.15) is 10.4 Å². The fourth-order valence-electron chi connectivity index (χ4n) is 2.57. The highest BCUT2D eigenvalue weighted by atomic mass is 35.5. The van der Waals surface area contributed by atoms with Crippen LogP contribution in [-0.2, 0) is 0 Å². The normalized spacial score (nSPS) is 11.6. The van der Waals surface area contributed by atoms with Crippen molar-refractivity contribution in [3.63, 3.8) is 0 Å². The molecule has 140 valence electrons. The molecule has 0 saturated carbocycles. The van der Waals surface area contributed by atoms with Gasteiger partial charge in [0.05, 0.1) is 12.8 Å². The van der Waals surface area contributed by atoms with Crippen LogP contribution in [0.15, 0.2) is 69.5 Å². The van der Waals surface area contributed by atoms with E-state index in [2.05, 4.69) is 15.3 Å². The molecule has 2 aromatic heterocycles. The van der Waals surface area contributed by atoms with Crippen molar-refractivity contribution in [3.8, 4) is 5.75 Å². The van der Waals surface area contributed by atoms with Crippen LogP contribution >= 0.6 is 22.9 Å². The number of carbonyl (C=O) groups excluding carboxylic acids is 1. The molecule has 4 rings (SSSR count). The smallest absolute Gasteiger partial charge is 0.262 e. The van der Waals surface area contributed by atoms with E-state index in [1.54, 1.807) is 67.2 Å². The second kappa shape index (κ2) is 7.84. The molecule has 0 unspecified atom stereocenters. The number of rotatable bonds is 4. The maximum Gasteiger partial charge on any atom is 0.262 e. The van der Waals surface area contributed by atoms with Gasteiger partial charge in [0, 0.05) is 22.0 Å². The molecule has 0 aliphatic rings. The summed E-state index contributed by atoms with van der Waals surface area (Å²) < 4.78 is 11.1. The van der Waals surface area contributed by atoms with E-state index in [4.69, 9.17) is 20.8 Å². The SMILES string of the molecule is COc1ccc(N=c2oc3ccc(Cl)cc3cc2C(=O)Nc2nccs2)cc1. The largest absolute Gasteiger partial charge is 0.497 e. The Kier molecular flexibility index (Phi) is 5.10. The Labute approximate surface area is 169 Å². The standard InChI is InChI=1S/C20H14ClN3O3S/c1-26-15-5-3-14(4-6-15)23-19-16(18(25)24-20-22-8-9-28-20)11-12-10-13(21)2-7-17(12)27-19/h2-11H,1H3,(H,22,24,25). The number of ether oxygens (including phenoxy) is 1. The second-order valence-electron chi connectivity index (χ2n) is 5.75. The molecule has 2 heterocycles. The predicted octanol–water partition coefficient (Wildman–Crippen LogP) is 5.04. The molecule has 6 nitrogen and oxygen atoms in total. The number of nitrogens with zero attached hydrogens (tertiary/aromatic N) is 2. The molecule has 2 aromatic carbocycles. The lowest BCUT2D eigenvalue weighted by molar-refractivity contribution is 0.102. The summed E-state index contributed by atoms with van der Waals surface area (Å²) in [5.41, 5.74) is 1.67. The van der Waals surface area contributed by atoms with Crippen molar-refractivity contribution in [1.29, 1.82) is 0 Å². The topological polar surface area (TPSA) is 76.7 Å². The molecule has 1 N–H and O–H groups in total. The predicted molar refractivity (Wildman–Crippen MR) is 110 cm³/mol. The van der Waals surface area contributed by atoms with Crippen molar-refractivity contribution < 1.29 is 13.9 Å². The van der Waals surface area contributed by atoms with Gasteiger partial charge in [-0.2, -0.15) is 0 Å². The van der Waals surface area contributed by atoms with Gasteiger partial charge in [-0.3, -0.25) is 10.1 Å². The van der Waals surface area contributed by atoms with Crippen molar-refractivity contribution >= 4 is 50.6 Å². The van der Waals surface area contributed by atoms with E-state index in [0.29, 0.717) is 32.6 Å². The third-order valence-electron chi connectivity index (χ3n) is 3.91. The fraction of sp³-hybridized carbons (Fsp3) is 0.0500. The summed E-state index contributed by atoms with van der Waals surface area (Å²) in [7, 11) is 1.59. The van der Waals surface area contributed by atoms with E-state index in [-0.39, 0.29) is 17.0 Å². The number of thiazole rings is 1. The van der Waals surface area contributed by atoms with E-state index >= 15 is 0 Å². The summed E-state index contributed by atoms with van der Waals surface area (Å²) in [6, 6.07) is 14.0. The molecule has 28 heavy (non-hydrogen) atoms. The van der Waals surface area contributed by atoms with Gasteiger partial charge < -0.3 is 9.15 Å². The van der Waals surface area contributed by atoms with Crippen LogP contribution in [0.3, 0.4) is 0 Å². The third-order valence-corrected chi connectivity index (χ3v) is 4.83. The lowest BCUT2D eigenvalue weighted by Gasteiger charge is -2.06. The van der Waals surface area contributed by atoms with Crippen LogP contribution in [0.4, 0.5) is 10.8 Å². The third kappa shape index (κ3) is 3.90. The molecule has 0 spiro atoms. The molecule has 0 aliphatic heterocycles. The van der Waals surface area contributed by atoms with Crippen LogP contribution in [0.2, 0.25) is 5.02 Å². The molecule has 0 bridgehead atoms. The van der Waals surface area contributed by atoms with E-state index in [1.807, 2.05) is 0 Å². The average molecular weight is 412 g/mol. The minimum Gasteiger partial charge on any atom is -0.497 e. The maximum absolute atomic E-state index is 12.8. The Morgan fingerprint density at radius 3 is 2.75 bits per heavy atom. The summed E-state index contributed by atoms with van der Waals surface area (Å²) in [5, 5.41) is 6.28. The summed E-state index contributed by atoms with van der Waals surface area (Å²) >= 11 is 7.40. The Hall–Kier alpha value is -3.16. The summed E-state index contributed by atoms with van der Waals surface area (Å²) in [5.74, 6) is 0.346. The lowest BCUT2D eigenvalue weighted by atomic mass is 10.1. The van der Waals surface area contributed by atoms with E-state index in [0.717, 1.165) is 0 Å². The van der Waals surface area contributed by atoms with Gasteiger partial charge in [0.15, 0.2) is 5.13 Å². The van der Waals surface area contributed by atoms with Crippen LogP contribution in [0.5, 0.6) is 5.75 Å². The molecule has 8 heteroatoms. The zero-order valence-corrected chi connectivity index (χ0v) is 16.3. The van der Waals surface area contributed by atoms with Crippen LogP contribution in [0.25, 0.3) is 11.0 Å². The molecular formula is C20H14ClN3O3S. The van der Waals surface area contributed by atoms with Gasteiger partial charge >= 0.3 is 0 Å². The van der Waals surface area contributed by atoms with Crippen LogP contribution < -0.4 is 15.6 Å². The number of hydrogen-bond acceptors (Lipinski definition) is 6. The molecule has 4 aromatic rings. The number of aromatic nitrogens is 1. The Bertz CT molecular complexity index is 1200. The van der Waals surface area contributed by atoms with Gasteiger partial charge in [-0.15, -0.1) is 11.3 Å². The first-order chi connectivity index (χ1) is 13.6. The first kappa shape index (κ1) is 18.2. The summed E-state index contributed by atoms with van der Waals surface area (Å²) in [4.78, 5) is 21.4. The van der Waals surface area contributed by atoms with Crippen molar-refractivity contribution in [1.82, 2.24) is 4.98 Å². The van der Waals surface area contributed by atoms with Gasteiger partial charge in [-0.1, -0.05) is 11.6 Å². The second-order valence-corrected chi connectivity index (χ2v) is 7.08. The van der Waals surface area contributed by atoms with Gasteiger partial charge in [-0.05, 0) is 48.5 Å². The van der Waals surface area contributed by atoms with Gasteiger partial charge in [0.2, 0.25) is 5.55 Å². The van der Waals surface area contributed by atoms with E-state index in [1.165, 1.54) is 11.3 Å². The molecular weight excluding hydrogens is 398 g/mol. The lowest BCUT2D eigenvalue weighted by Crippen LogP contribution is -2.21. The van der Waals surface area contributed by atoms with Gasteiger partial charge in [-0.25, -0.2) is 9.98 Å². The Morgan fingerprint density at radius 1 is 1.21 bits per heavy atom. The van der Waals surface area contributed by atoms with E-state index in [9.17, 15) is 4.79 Å². The minimum absolute atomic E-state index is 0.189. The average Bonchev–Trinajstić information content (AvgIpc) is 3.21. The number of carbonyl (C=O) groups is 1. The number of benzene rings is 2. The molecule has 0 aliphatic carbocycles. The van der Waals surface area contributed by atoms with Gasteiger partial charge in [0.1, 0.15) is 16.9 Å². The van der Waals surface area contributed by atoms with Crippen molar-refractivity contribution in [3.05, 3.63) is 76.2 Å². The van der Waals surface area contributed by atoms with E-state index < -0.39 is 0 Å². The highest BCUT2D eigenvalue weighted by Gasteiger charge is 2.14. The minimum atomic E-state index is -0.368. The number of fused-ring (bicyclic) bond motifs is 1. The number of amides is 1. The molecule has 0 atom stereocenters. The van der Waals surface area contributed by atoms with Crippen molar-refractivity contribution in [2.75, 3.05) is 12.4 Å². The number of nitrogens with one attached hydrogen (secondary N) is 1. The number of hydrogen-bond donors (Lipinski definition) is 1. The van der Waals surface area contributed by atoms with Gasteiger partial charge in [0.25, 0.3) is 5.91 Å². The molecule has 1 amide bonds. The number of halogens is 1. The van der Waals surface area contributed by atoms with Crippen molar-refractivity contribution in [2.24, 2.45) is 4.99 Å². The monoisotopic (exact) mass is 411 g/mol. The first-order valence-electron chi connectivity index (χ1n) is 8.25. The highest BCUT2D eigenvalue weighted by Crippen LogP contribution is 2.21. The summed E-state index contributed by atoms with van der Waals surface area (Å²) in [6.45, 7) is 0. The zero-order chi connectivity index (χ0) is 19.5. The number of methoxy groups -OCH3 is 1. The van der Waals surface area contributed by atoms with Crippen molar-refractivity contribution in [2.45, 2.75) is 0 Å². The van der Waals surface area contributed by atoms with Crippen LogP contribution in [0, 0.1) is 0 Å². The summed E-state index contributed by atoms with van der Waals surface area (Å²) in [6.07, 6.45) is 1.62. The molecule has 0 fully saturated rings. The fourth-order valence-corrected chi connectivity index (χ4v) is 3.28. The maximum atomic E-state index is 12.8. The Morgan fingerprint density at radius 2 is 2.04 bits per heavy atom. The zero-order valence-electron chi connectivity index (χ0n) is 14.7. The molecule has 0 radical (unpaired) electrons. The Balaban J connectivity index is 1.85. The molecule has 0 saturated heterocycles. The quantitative estimate of drug-likeness (QED) is 0.510. The number of anilines is 1.